The summed E-state index contributed by atoms with van der Waals surface area (Å²) in [5, 5.41) is 0. The van der Waals surface area contributed by atoms with E-state index in [9.17, 15) is 4.79 Å². The van der Waals surface area contributed by atoms with Crippen molar-refractivity contribution in [1.82, 2.24) is 0 Å². The minimum Gasteiger partial charge on any atom is -0.491 e. The quantitative estimate of drug-likeness (QED) is 0.753. The molecule has 1 atom stereocenters. The molecule has 0 bridgehead atoms. The van der Waals surface area contributed by atoms with Gasteiger partial charge in [0.25, 0.3) is 0 Å². The lowest BCUT2D eigenvalue weighted by atomic mass is 10.2. The maximum Gasteiger partial charge on any atom is 0.338 e. The highest BCUT2D eigenvalue weighted by atomic mass is 16.5. The summed E-state index contributed by atoms with van der Waals surface area (Å²) >= 11 is 0. The third kappa shape index (κ3) is 3.47. The van der Waals surface area contributed by atoms with Crippen molar-refractivity contribution in [2.75, 3.05) is 19.8 Å². The standard InChI is InChI=1S/C14H18O4/c1-2-16-14(15)11-5-7-12(8-6-11)18-10-13-4-3-9-17-13/h5-8,13H,2-4,9-10H2,1H3. The number of ether oxygens (including phenoxy) is 3. The summed E-state index contributed by atoms with van der Waals surface area (Å²) in [6.45, 7) is 3.57. The molecule has 1 saturated heterocycles. The summed E-state index contributed by atoms with van der Waals surface area (Å²) in [4.78, 5) is 11.4. The van der Waals surface area contributed by atoms with Gasteiger partial charge in [-0.3, -0.25) is 0 Å². The fourth-order valence-corrected chi connectivity index (χ4v) is 1.87. The van der Waals surface area contributed by atoms with E-state index < -0.39 is 0 Å². The van der Waals surface area contributed by atoms with Gasteiger partial charge in [-0.1, -0.05) is 0 Å². The van der Waals surface area contributed by atoms with Crippen molar-refractivity contribution < 1.29 is 19.0 Å². The lowest BCUT2D eigenvalue weighted by Crippen LogP contribution is -2.16. The molecule has 1 aliphatic heterocycles. The highest BCUT2D eigenvalue weighted by molar-refractivity contribution is 5.89. The van der Waals surface area contributed by atoms with E-state index in [2.05, 4.69) is 0 Å². The van der Waals surface area contributed by atoms with Gasteiger partial charge in [-0.05, 0) is 44.0 Å². The molecule has 0 aromatic heterocycles. The van der Waals surface area contributed by atoms with Crippen LogP contribution in [0.15, 0.2) is 24.3 Å². The van der Waals surface area contributed by atoms with E-state index in [1.807, 2.05) is 0 Å². The van der Waals surface area contributed by atoms with E-state index in [-0.39, 0.29) is 12.1 Å². The second-order valence-electron chi connectivity index (χ2n) is 4.19. The van der Waals surface area contributed by atoms with Gasteiger partial charge in [0.05, 0.1) is 18.3 Å². The Morgan fingerprint density at radius 2 is 2.17 bits per heavy atom. The van der Waals surface area contributed by atoms with E-state index in [0.717, 1.165) is 25.2 Å². The Morgan fingerprint density at radius 1 is 1.39 bits per heavy atom. The van der Waals surface area contributed by atoms with Gasteiger partial charge in [0.1, 0.15) is 12.4 Å². The van der Waals surface area contributed by atoms with Crippen molar-refractivity contribution in [3.63, 3.8) is 0 Å². The molecule has 2 rings (SSSR count). The second-order valence-corrected chi connectivity index (χ2v) is 4.19. The number of esters is 1. The zero-order chi connectivity index (χ0) is 12.8. The van der Waals surface area contributed by atoms with Crippen molar-refractivity contribution in [2.45, 2.75) is 25.9 Å². The summed E-state index contributed by atoms with van der Waals surface area (Å²) in [5.41, 5.74) is 0.543. The molecule has 98 valence electrons. The summed E-state index contributed by atoms with van der Waals surface area (Å²) in [5.74, 6) is 0.446. The summed E-state index contributed by atoms with van der Waals surface area (Å²) in [7, 11) is 0. The molecule has 1 fully saturated rings. The van der Waals surface area contributed by atoms with Crippen LogP contribution in [0.1, 0.15) is 30.1 Å². The zero-order valence-corrected chi connectivity index (χ0v) is 10.6. The molecule has 0 saturated carbocycles. The molecule has 18 heavy (non-hydrogen) atoms. The summed E-state index contributed by atoms with van der Waals surface area (Å²) in [6.07, 6.45) is 2.37. The lowest BCUT2D eigenvalue weighted by molar-refractivity contribution is 0.0526. The first kappa shape index (κ1) is 12.9. The largest absolute Gasteiger partial charge is 0.491 e. The first-order valence-corrected chi connectivity index (χ1v) is 6.31. The van der Waals surface area contributed by atoms with Crippen molar-refractivity contribution in [2.24, 2.45) is 0 Å². The molecule has 0 spiro atoms. The van der Waals surface area contributed by atoms with Gasteiger partial charge in [-0.25, -0.2) is 4.79 Å². The van der Waals surface area contributed by atoms with E-state index in [1.54, 1.807) is 31.2 Å². The topological polar surface area (TPSA) is 44.8 Å². The van der Waals surface area contributed by atoms with Crippen molar-refractivity contribution in [3.05, 3.63) is 29.8 Å². The van der Waals surface area contributed by atoms with Crippen molar-refractivity contribution >= 4 is 5.97 Å². The Morgan fingerprint density at radius 3 is 2.78 bits per heavy atom. The minimum atomic E-state index is -0.303. The zero-order valence-electron chi connectivity index (χ0n) is 10.6. The Labute approximate surface area is 107 Å². The van der Waals surface area contributed by atoms with Crippen molar-refractivity contribution in [3.8, 4) is 5.75 Å². The highest BCUT2D eigenvalue weighted by Gasteiger charge is 2.16. The van der Waals surface area contributed by atoms with E-state index >= 15 is 0 Å². The first-order chi connectivity index (χ1) is 8.79. The first-order valence-electron chi connectivity index (χ1n) is 6.31. The third-order valence-electron chi connectivity index (χ3n) is 2.83. The predicted molar refractivity (Wildman–Crippen MR) is 66.9 cm³/mol. The van der Waals surface area contributed by atoms with Crippen LogP contribution in [0.4, 0.5) is 0 Å². The van der Waals surface area contributed by atoms with Crippen LogP contribution in [0.3, 0.4) is 0 Å². The second kappa shape index (κ2) is 6.40. The molecule has 0 amide bonds. The number of carbonyl (C=O) groups is 1. The van der Waals surface area contributed by atoms with Gasteiger partial charge in [0, 0.05) is 6.61 Å². The number of rotatable bonds is 5. The molecule has 0 N–H and O–H groups in total. The SMILES string of the molecule is CCOC(=O)c1ccc(OCC2CCCO2)cc1. The van der Waals surface area contributed by atoms with Crippen LogP contribution in [0.2, 0.25) is 0 Å². The van der Waals surface area contributed by atoms with E-state index in [1.165, 1.54) is 0 Å². The highest BCUT2D eigenvalue weighted by Crippen LogP contribution is 2.16. The maximum atomic E-state index is 11.4. The fourth-order valence-electron chi connectivity index (χ4n) is 1.87. The molecular formula is C14H18O4. The average molecular weight is 250 g/mol. The molecule has 0 radical (unpaired) electrons. The lowest BCUT2D eigenvalue weighted by Gasteiger charge is -2.11. The monoisotopic (exact) mass is 250 g/mol. The van der Waals surface area contributed by atoms with Crippen LogP contribution < -0.4 is 4.74 Å². The molecule has 4 nitrogen and oxygen atoms in total. The van der Waals surface area contributed by atoms with E-state index in [4.69, 9.17) is 14.2 Å². The van der Waals surface area contributed by atoms with Crippen LogP contribution >= 0.6 is 0 Å². The Balaban J connectivity index is 1.85. The molecule has 1 heterocycles. The molecule has 1 aliphatic rings. The predicted octanol–water partition coefficient (Wildman–Crippen LogP) is 2.42. The Hall–Kier alpha value is -1.55. The third-order valence-corrected chi connectivity index (χ3v) is 2.83. The minimum absolute atomic E-state index is 0.203. The maximum absolute atomic E-state index is 11.4. The molecule has 4 heteroatoms. The van der Waals surface area contributed by atoms with Crippen LogP contribution in [0.5, 0.6) is 5.75 Å². The molecule has 0 aliphatic carbocycles. The number of benzene rings is 1. The van der Waals surface area contributed by atoms with Crippen molar-refractivity contribution in [1.29, 1.82) is 0 Å². The van der Waals surface area contributed by atoms with Crippen LogP contribution in [0.25, 0.3) is 0 Å². The van der Waals surface area contributed by atoms with Gasteiger partial charge in [0.15, 0.2) is 0 Å². The van der Waals surface area contributed by atoms with Crippen LogP contribution in [-0.4, -0.2) is 31.9 Å². The average Bonchev–Trinajstić information content (AvgIpc) is 2.90. The molecule has 1 aromatic carbocycles. The molecule has 1 unspecified atom stereocenters. The fraction of sp³-hybridized carbons (Fsp3) is 0.500. The van der Waals surface area contributed by atoms with Gasteiger partial charge in [0.2, 0.25) is 0 Å². The molecule has 1 aromatic rings. The Kier molecular flexibility index (Phi) is 4.59. The van der Waals surface area contributed by atoms with Crippen LogP contribution in [0, 0.1) is 0 Å². The summed E-state index contributed by atoms with van der Waals surface area (Å²) < 4.78 is 16.0. The smallest absolute Gasteiger partial charge is 0.338 e. The van der Waals surface area contributed by atoms with Gasteiger partial charge >= 0.3 is 5.97 Å². The van der Waals surface area contributed by atoms with Gasteiger partial charge in [-0.2, -0.15) is 0 Å². The van der Waals surface area contributed by atoms with Crippen LogP contribution in [-0.2, 0) is 9.47 Å². The molecular weight excluding hydrogens is 232 g/mol. The Bertz CT molecular complexity index is 379. The number of carbonyl (C=O) groups excluding carboxylic acids is 1. The van der Waals surface area contributed by atoms with E-state index in [0.29, 0.717) is 18.8 Å². The van der Waals surface area contributed by atoms with Gasteiger partial charge in [-0.15, -0.1) is 0 Å². The summed E-state index contributed by atoms with van der Waals surface area (Å²) in [6, 6.07) is 6.98. The van der Waals surface area contributed by atoms with Gasteiger partial charge < -0.3 is 14.2 Å². The normalized spacial score (nSPS) is 18.6. The number of hydrogen-bond acceptors (Lipinski definition) is 4. The number of hydrogen-bond donors (Lipinski definition) is 0.